The molecule has 0 saturated heterocycles. The maximum absolute atomic E-state index is 5.26. The fraction of sp³-hybridized carbons (Fsp3) is 0.571. The molecule has 0 saturated carbocycles. The van der Waals surface area contributed by atoms with Gasteiger partial charge in [-0.15, -0.1) is 0 Å². The first kappa shape index (κ1) is 9.74. The summed E-state index contributed by atoms with van der Waals surface area (Å²) >= 11 is 4.90. The van der Waals surface area contributed by atoms with Crippen molar-refractivity contribution in [2.75, 3.05) is 13.1 Å². The van der Waals surface area contributed by atoms with Crippen molar-refractivity contribution in [3.05, 3.63) is 4.77 Å². The van der Waals surface area contributed by atoms with E-state index in [1.165, 1.54) is 0 Å². The van der Waals surface area contributed by atoms with Crippen molar-refractivity contribution in [1.29, 1.82) is 0 Å². The number of aromatic amines is 1. The molecule has 0 bridgehead atoms. The Hall–Kier alpha value is -1.35. The van der Waals surface area contributed by atoms with Crippen LogP contribution in [0, 0.1) is 17.2 Å². The number of nitrogens with one attached hydrogen (secondary N) is 1. The monoisotopic (exact) mass is 197 g/mol. The van der Waals surface area contributed by atoms with E-state index >= 15 is 0 Å². The first-order valence-corrected chi connectivity index (χ1v) is 4.37. The average molecular weight is 197 g/mol. The van der Waals surface area contributed by atoms with Crippen LogP contribution in [-0.4, -0.2) is 38.2 Å². The van der Waals surface area contributed by atoms with Crippen LogP contribution in [-0.2, 0) is 6.54 Å². The quantitative estimate of drug-likeness (QED) is 0.427. The Labute approximate surface area is 81.7 Å². The highest BCUT2D eigenvalue weighted by atomic mass is 32.1. The number of hydrogen-bond donors (Lipinski definition) is 1. The van der Waals surface area contributed by atoms with Crippen LogP contribution < -0.4 is 0 Å². The van der Waals surface area contributed by atoms with E-state index in [4.69, 9.17) is 18.6 Å². The number of tetrazole rings is 1. The fourth-order valence-corrected chi connectivity index (χ4v) is 1.07. The highest BCUT2D eigenvalue weighted by Gasteiger charge is 1.98. The summed E-state index contributed by atoms with van der Waals surface area (Å²) in [6.45, 7) is 4.25. The van der Waals surface area contributed by atoms with E-state index in [0.717, 1.165) is 13.1 Å². The first-order valence-electron chi connectivity index (χ1n) is 3.97. The molecule has 0 atom stereocenters. The third-order valence-electron chi connectivity index (χ3n) is 1.69. The molecular weight excluding hydrogens is 186 g/mol. The number of hydrogen-bond acceptors (Lipinski definition) is 4. The third kappa shape index (κ3) is 2.56. The molecule has 1 aromatic heterocycles. The highest BCUT2D eigenvalue weighted by molar-refractivity contribution is 7.71. The number of aromatic nitrogens is 4. The zero-order chi connectivity index (χ0) is 9.68. The average Bonchev–Trinajstić information content (AvgIpc) is 2.54. The Morgan fingerprint density at radius 2 is 2.54 bits per heavy atom. The third-order valence-corrected chi connectivity index (χ3v) is 1.99. The Morgan fingerprint density at radius 3 is 3.00 bits per heavy atom. The van der Waals surface area contributed by atoms with Gasteiger partial charge in [0, 0.05) is 19.1 Å². The molecule has 70 valence electrons. The molecule has 1 rings (SSSR count). The van der Waals surface area contributed by atoms with Gasteiger partial charge in [0.15, 0.2) is 0 Å². The largest absolute Gasteiger partial charge is 0.331 e. The van der Waals surface area contributed by atoms with E-state index in [2.05, 4.69) is 21.6 Å². The van der Waals surface area contributed by atoms with Gasteiger partial charge >= 0.3 is 0 Å². The van der Waals surface area contributed by atoms with Gasteiger partial charge in [-0.05, 0) is 19.1 Å². The molecule has 0 radical (unpaired) electrons. The van der Waals surface area contributed by atoms with E-state index in [0.29, 0.717) is 11.3 Å². The Morgan fingerprint density at radius 1 is 1.77 bits per heavy atom. The van der Waals surface area contributed by atoms with E-state index < -0.39 is 0 Å². The zero-order valence-corrected chi connectivity index (χ0v) is 8.21. The number of terminal acetylenes is 1. The van der Waals surface area contributed by atoms with E-state index in [-0.39, 0.29) is 0 Å². The smallest absolute Gasteiger partial charge is 0.238 e. The molecule has 0 aliphatic rings. The second kappa shape index (κ2) is 4.62. The van der Waals surface area contributed by atoms with Gasteiger partial charge in [-0.3, -0.25) is 0 Å². The van der Waals surface area contributed by atoms with Gasteiger partial charge in [0.2, 0.25) is 4.77 Å². The summed E-state index contributed by atoms with van der Waals surface area (Å²) in [6, 6.07) is 2.56. The SMILES string of the molecule is C#CN(CC)CCn1[nH]nnc1=S. The lowest BCUT2D eigenvalue weighted by atomic mass is 10.5. The molecule has 1 N–H and O–H groups in total. The predicted molar refractivity (Wildman–Crippen MR) is 51.3 cm³/mol. The number of rotatable bonds is 4. The summed E-state index contributed by atoms with van der Waals surface area (Å²) in [6.07, 6.45) is 5.26. The van der Waals surface area contributed by atoms with Crippen molar-refractivity contribution in [3.63, 3.8) is 0 Å². The standard InChI is InChI=1S/C7H11N5S/c1-3-11(4-2)5-6-12-7(13)8-9-10-12/h1H,4-6H2,2H3,(H,8,10,13). The summed E-state index contributed by atoms with van der Waals surface area (Å²) in [7, 11) is 0. The normalized spacial score (nSPS) is 9.54. The van der Waals surface area contributed by atoms with Gasteiger partial charge in [0.05, 0.1) is 6.54 Å². The van der Waals surface area contributed by atoms with Gasteiger partial charge in [0.25, 0.3) is 0 Å². The molecule has 6 heteroatoms. The lowest BCUT2D eigenvalue weighted by Crippen LogP contribution is -2.22. The van der Waals surface area contributed by atoms with Crippen LogP contribution in [0.15, 0.2) is 0 Å². The van der Waals surface area contributed by atoms with E-state index in [1.54, 1.807) is 4.68 Å². The molecule has 0 aliphatic heterocycles. The first-order chi connectivity index (χ1) is 6.27. The Bertz CT molecular complexity index is 346. The van der Waals surface area contributed by atoms with Crippen molar-refractivity contribution < 1.29 is 0 Å². The summed E-state index contributed by atoms with van der Waals surface area (Å²) in [5.74, 6) is 0. The van der Waals surface area contributed by atoms with Gasteiger partial charge in [0.1, 0.15) is 0 Å². The fourth-order valence-electron chi connectivity index (χ4n) is 0.896. The minimum absolute atomic E-state index is 0.452. The van der Waals surface area contributed by atoms with Crippen LogP contribution in [0.3, 0.4) is 0 Å². The van der Waals surface area contributed by atoms with Crippen LogP contribution in [0.1, 0.15) is 6.92 Å². The predicted octanol–water partition coefficient (Wildman–Crippen LogP) is 0.248. The molecule has 0 amide bonds. The molecule has 0 fully saturated rings. The topological polar surface area (TPSA) is 49.7 Å². The molecule has 0 spiro atoms. The molecule has 0 aromatic carbocycles. The molecule has 0 unspecified atom stereocenters. The lowest BCUT2D eigenvalue weighted by Gasteiger charge is -2.13. The summed E-state index contributed by atoms with van der Waals surface area (Å²) in [5.41, 5.74) is 0. The van der Waals surface area contributed by atoms with E-state index in [1.807, 2.05) is 11.8 Å². The van der Waals surface area contributed by atoms with Crippen molar-refractivity contribution >= 4 is 12.2 Å². The van der Waals surface area contributed by atoms with Crippen LogP contribution in [0.25, 0.3) is 0 Å². The second-order valence-corrected chi connectivity index (χ2v) is 2.81. The maximum atomic E-state index is 5.26. The van der Waals surface area contributed by atoms with Crippen LogP contribution in [0.4, 0.5) is 0 Å². The molecule has 1 heterocycles. The molecular formula is C7H11N5S. The van der Waals surface area contributed by atoms with Crippen molar-refractivity contribution in [2.45, 2.75) is 13.5 Å². The van der Waals surface area contributed by atoms with Crippen LogP contribution >= 0.6 is 12.2 Å². The Balaban J connectivity index is 2.48. The second-order valence-electron chi connectivity index (χ2n) is 2.44. The van der Waals surface area contributed by atoms with Gasteiger partial charge in [-0.2, -0.15) is 5.21 Å². The summed E-state index contributed by atoms with van der Waals surface area (Å²) in [5, 5.41) is 9.88. The Kier molecular flexibility index (Phi) is 3.46. The summed E-state index contributed by atoms with van der Waals surface area (Å²) < 4.78 is 2.13. The molecule has 0 aliphatic carbocycles. The van der Waals surface area contributed by atoms with Crippen molar-refractivity contribution in [2.24, 2.45) is 0 Å². The maximum Gasteiger partial charge on any atom is 0.238 e. The molecule has 1 aromatic rings. The van der Waals surface area contributed by atoms with Gasteiger partial charge < -0.3 is 4.90 Å². The molecule has 5 nitrogen and oxygen atoms in total. The van der Waals surface area contributed by atoms with E-state index in [9.17, 15) is 0 Å². The highest BCUT2D eigenvalue weighted by Crippen LogP contribution is 1.88. The van der Waals surface area contributed by atoms with Gasteiger partial charge in [-0.25, -0.2) is 4.68 Å². The van der Waals surface area contributed by atoms with Crippen molar-refractivity contribution in [3.8, 4) is 12.5 Å². The minimum atomic E-state index is 0.452. The molecule has 13 heavy (non-hydrogen) atoms. The number of likely N-dealkylation sites (N-methyl/N-ethyl adjacent to an activating group) is 1. The van der Waals surface area contributed by atoms with Crippen LogP contribution in [0.5, 0.6) is 0 Å². The number of nitrogens with zero attached hydrogens (tertiary/aromatic N) is 4. The zero-order valence-electron chi connectivity index (χ0n) is 7.40. The van der Waals surface area contributed by atoms with Gasteiger partial charge in [-0.1, -0.05) is 16.7 Å². The lowest BCUT2D eigenvalue weighted by molar-refractivity contribution is 0.379. The summed E-state index contributed by atoms with van der Waals surface area (Å²) in [4.78, 5) is 1.85. The van der Waals surface area contributed by atoms with Crippen molar-refractivity contribution in [1.82, 2.24) is 25.1 Å². The minimum Gasteiger partial charge on any atom is -0.331 e. The number of H-pyrrole nitrogens is 1. The van der Waals surface area contributed by atoms with Crippen LogP contribution in [0.2, 0.25) is 0 Å².